The summed E-state index contributed by atoms with van der Waals surface area (Å²) >= 11 is 0. The highest BCUT2D eigenvalue weighted by molar-refractivity contribution is 6.04. The van der Waals surface area contributed by atoms with Crippen molar-refractivity contribution in [3.05, 3.63) is 89.4 Å². The molecule has 1 aliphatic rings. The number of aromatic nitrogens is 1. The number of aryl methyl sites for hydroxylation is 1. The molecule has 1 N–H and O–H groups in total. The van der Waals surface area contributed by atoms with E-state index < -0.39 is 11.7 Å². The molecule has 4 rings (SSSR count). The lowest BCUT2D eigenvalue weighted by Crippen LogP contribution is -2.46. The molecule has 1 amide bonds. The molecule has 1 aliphatic heterocycles. The second kappa shape index (κ2) is 9.05. The summed E-state index contributed by atoms with van der Waals surface area (Å²) in [6, 6.07) is 18.3. The van der Waals surface area contributed by atoms with E-state index in [0.717, 1.165) is 38.5 Å². The Morgan fingerprint density at radius 1 is 1.00 bits per heavy atom. The van der Waals surface area contributed by atoms with Gasteiger partial charge in [-0.15, -0.1) is 0 Å². The van der Waals surface area contributed by atoms with Crippen LogP contribution in [0.3, 0.4) is 0 Å². The van der Waals surface area contributed by atoms with E-state index >= 15 is 0 Å². The van der Waals surface area contributed by atoms with Crippen LogP contribution in [0.4, 0.5) is 15.9 Å². The first kappa shape index (κ1) is 20.0. The van der Waals surface area contributed by atoms with Crippen molar-refractivity contribution in [2.45, 2.75) is 13.5 Å². The first-order chi connectivity index (χ1) is 14.6. The van der Waals surface area contributed by atoms with Gasteiger partial charge >= 0.3 is 0 Å². The Morgan fingerprint density at radius 3 is 2.40 bits per heavy atom. The number of anilines is 2. The van der Waals surface area contributed by atoms with Crippen molar-refractivity contribution in [3.8, 4) is 0 Å². The number of hydrogen-bond donors (Lipinski definition) is 1. The topological polar surface area (TPSA) is 48.5 Å². The molecule has 0 radical (unpaired) electrons. The molecule has 30 heavy (non-hydrogen) atoms. The monoisotopic (exact) mass is 404 g/mol. The van der Waals surface area contributed by atoms with Crippen molar-refractivity contribution in [2.75, 3.05) is 36.4 Å². The lowest BCUT2D eigenvalue weighted by atomic mass is 10.1. The molecule has 154 valence electrons. The average Bonchev–Trinajstić information content (AvgIpc) is 2.77. The molecule has 1 aromatic heterocycles. The van der Waals surface area contributed by atoms with E-state index in [4.69, 9.17) is 0 Å². The fourth-order valence-corrected chi connectivity index (χ4v) is 3.58. The van der Waals surface area contributed by atoms with Crippen LogP contribution in [0.15, 0.2) is 66.9 Å². The number of amides is 1. The van der Waals surface area contributed by atoms with Crippen molar-refractivity contribution < 1.29 is 9.18 Å². The van der Waals surface area contributed by atoms with Gasteiger partial charge in [-0.3, -0.25) is 9.69 Å². The second-order valence-electron chi connectivity index (χ2n) is 7.59. The maximum atomic E-state index is 13.7. The lowest BCUT2D eigenvalue weighted by Gasteiger charge is -2.35. The van der Waals surface area contributed by atoms with Crippen LogP contribution in [0, 0.1) is 12.7 Å². The third kappa shape index (κ3) is 4.83. The van der Waals surface area contributed by atoms with Gasteiger partial charge in [-0.25, -0.2) is 9.37 Å². The minimum absolute atomic E-state index is 0.0197. The standard InChI is InChI=1S/C24H25FN4O/c1-18-6-8-19(9-7-18)17-28-12-14-29(15-13-28)23-11-10-20(16-26-23)27-24(30)21-4-2-3-5-22(21)25/h2-11,16H,12-15,17H2,1H3,(H,27,30). The fourth-order valence-electron chi connectivity index (χ4n) is 3.58. The van der Waals surface area contributed by atoms with Crippen molar-refractivity contribution in [1.82, 2.24) is 9.88 Å². The quantitative estimate of drug-likeness (QED) is 0.696. The van der Waals surface area contributed by atoms with Gasteiger partial charge in [-0.05, 0) is 36.8 Å². The highest BCUT2D eigenvalue weighted by Gasteiger charge is 2.18. The zero-order valence-electron chi connectivity index (χ0n) is 17.0. The number of benzene rings is 2. The molecule has 3 aromatic rings. The summed E-state index contributed by atoms with van der Waals surface area (Å²) < 4.78 is 13.7. The third-order valence-electron chi connectivity index (χ3n) is 5.35. The summed E-state index contributed by atoms with van der Waals surface area (Å²) in [6.07, 6.45) is 1.62. The molecule has 1 fully saturated rings. The van der Waals surface area contributed by atoms with Gasteiger partial charge in [0.25, 0.3) is 5.91 Å². The van der Waals surface area contributed by atoms with Crippen LogP contribution in [-0.4, -0.2) is 42.0 Å². The average molecular weight is 404 g/mol. The third-order valence-corrected chi connectivity index (χ3v) is 5.35. The molecule has 2 heterocycles. The summed E-state index contributed by atoms with van der Waals surface area (Å²) in [5.74, 6) is -0.135. The van der Waals surface area contributed by atoms with Crippen molar-refractivity contribution >= 4 is 17.4 Å². The van der Waals surface area contributed by atoms with Crippen LogP contribution >= 0.6 is 0 Å². The van der Waals surface area contributed by atoms with E-state index in [0.29, 0.717) is 5.69 Å². The van der Waals surface area contributed by atoms with Gasteiger partial charge in [0.15, 0.2) is 0 Å². The van der Waals surface area contributed by atoms with E-state index in [1.165, 1.54) is 23.3 Å². The number of nitrogens with zero attached hydrogens (tertiary/aromatic N) is 3. The van der Waals surface area contributed by atoms with Gasteiger partial charge in [0.05, 0.1) is 17.4 Å². The van der Waals surface area contributed by atoms with Crippen molar-refractivity contribution in [3.63, 3.8) is 0 Å². The van der Waals surface area contributed by atoms with Crippen LogP contribution in [0.5, 0.6) is 0 Å². The Bertz CT molecular complexity index is 996. The van der Waals surface area contributed by atoms with Crippen LogP contribution in [0.1, 0.15) is 21.5 Å². The Balaban J connectivity index is 1.31. The van der Waals surface area contributed by atoms with Gasteiger partial charge in [0.1, 0.15) is 11.6 Å². The number of nitrogens with one attached hydrogen (secondary N) is 1. The van der Waals surface area contributed by atoms with Crippen LogP contribution in [0.2, 0.25) is 0 Å². The number of piperazine rings is 1. The summed E-state index contributed by atoms with van der Waals surface area (Å²) in [4.78, 5) is 21.4. The van der Waals surface area contributed by atoms with Crippen LogP contribution < -0.4 is 10.2 Å². The SMILES string of the molecule is Cc1ccc(CN2CCN(c3ccc(NC(=O)c4ccccc4F)cn3)CC2)cc1. The Labute approximate surface area is 176 Å². The maximum Gasteiger partial charge on any atom is 0.258 e. The molecule has 0 saturated carbocycles. The molecule has 0 spiro atoms. The van der Waals surface area contributed by atoms with Crippen LogP contribution in [0.25, 0.3) is 0 Å². The van der Waals surface area contributed by atoms with Gasteiger partial charge < -0.3 is 10.2 Å². The zero-order valence-corrected chi connectivity index (χ0v) is 17.0. The van der Waals surface area contributed by atoms with Crippen LogP contribution in [-0.2, 0) is 6.54 Å². The smallest absolute Gasteiger partial charge is 0.258 e. The second-order valence-corrected chi connectivity index (χ2v) is 7.59. The van der Waals surface area contributed by atoms with Gasteiger partial charge in [-0.1, -0.05) is 42.0 Å². The van der Waals surface area contributed by atoms with Gasteiger partial charge in [0, 0.05) is 32.7 Å². The van der Waals surface area contributed by atoms with Crippen molar-refractivity contribution in [2.24, 2.45) is 0 Å². The summed E-state index contributed by atoms with van der Waals surface area (Å²) in [5.41, 5.74) is 3.18. The van der Waals surface area contributed by atoms with E-state index in [1.54, 1.807) is 24.4 Å². The largest absolute Gasteiger partial charge is 0.354 e. The normalized spacial score (nSPS) is 14.5. The molecule has 2 aromatic carbocycles. The number of carbonyl (C=O) groups excluding carboxylic acids is 1. The summed E-state index contributed by atoms with van der Waals surface area (Å²) in [7, 11) is 0. The molecular weight excluding hydrogens is 379 g/mol. The molecule has 0 unspecified atom stereocenters. The predicted molar refractivity (Wildman–Crippen MR) is 117 cm³/mol. The van der Waals surface area contributed by atoms with E-state index in [2.05, 4.69) is 51.3 Å². The highest BCUT2D eigenvalue weighted by Crippen LogP contribution is 2.18. The van der Waals surface area contributed by atoms with Crippen molar-refractivity contribution in [1.29, 1.82) is 0 Å². The highest BCUT2D eigenvalue weighted by atomic mass is 19.1. The zero-order chi connectivity index (χ0) is 20.9. The maximum absolute atomic E-state index is 13.7. The van der Waals surface area contributed by atoms with Gasteiger partial charge in [0.2, 0.25) is 0 Å². The van der Waals surface area contributed by atoms with E-state index in [1.807, 2.05) is 6.07 Å². The Kier molecular flexibility index (Phi) is 6.05. The minimum Gasteiger partial charge on any atom is -0.354 e. The van der Waals surface area contributed by atoms with E-state index in [-0.39, 0.29) is 5.56 Å². The Morgan fingerprint density at radius 2 is 1.73 bits per heavy atom. The Hall–Kier alpha value is -3.25. The molecular formula is C24H25FN4O. The number of carbonyl (C=O) groups is 1. The molecule has 1 saturated heterocycles. The molecule has 6 heteroatoms. The first-order valence-corrected chi connectivity index (χ1v) is 10.1. The number of hydrogen-bond acceptors (Lipinski definition) is 4. The van der Waals surface area contributed by atoms with Gasteiger partial charge in [-0.2, -0.15) is 0 Å². The molecule has 0 bridgehead atoms. The fraction of sp³-hybridized carbons (Fsp3) is 0.250. The number of pyridine rings is 1. The lowest BCUT2D eigenvalue weighted by molar-refractivity contribution is 0.102. The molecule has 0 atom stereocenters. The van der Waals surface area contributed by atoms with E-state index in [9.17, 15) is 9.18 Å². The molecule has 5 nitrogen and oxygen atoms in total. The molecule has 0 aliphatic carbocycles. The summed E-state index contributed by atoms with van der Waals surface area (Å²) in [6.45, 7) is 6.82. The summed E-state index contributed by atoms with van der Waals surface area (Å²) in [5, 5.41) is 2.70. The first-order valence-electron chi connectivity index (χ1n) is 10.1. The number of halogens is 1. The number of rotatable bonds is 5. The predicted octanol–water partition coefficient (Wildman–Crippen LogP) is 4.10. The minimum atomic E-state index is -0.539.